The summed E-state index contributed by atoms with van der Waals surface area (Å²) in [5, 5.41) is 3.45. The van der Waals surface area contributed by atoms with Crippen molar-refractivity contribution in [3.05, 3.63) is 23.8 Å². The Bertz CT molecular complexity index is 299. The van der Waals surface area contributed by atoms with Gasteiger partial charge in [0.25, 0.3) is 0 Å². The molecule has 0 aromatic carbocycles. The van der Waals surface area contributed by atoms with Gasteiger partial charge in [-0.1, -0.05) is 0 Å². The molecule has 0 unspecified atom stereocenters. The normalized spacial score (nSPS) is 15.8. The van der Waals surface area contributed by atoms with E-state index < -0.39 is 0 Å². The summed E-state index contributed by atoms with van der Waals surface area (Å²) in [6, 6.07) is 2.73. The molecule has 1 N–H and O–H groups in total. The molecular formula is C10H15N3S. The quantitative estimate of drug-likeness (QED) is 0.799. The average molecular weight is 209 g/mol. The van der Waals surface area contributed by atoms with Gasteiger partial charge < -0.3 is 5.32 Å². The fourth-order valence-corrected chi connectivity index (χ4v) is 1.67. The van der Waals surface area contributed by atoms with Crippen molar-refractivity contribution in [2.24, 2.45) is 0 Å². The molecule has 0 spiro atoms. The lowest BCUT2D eigenvalue weighted by atomic mass is 10.4. The van der Waals surface area contributed by atoms with Crippen LogP contribution in [0.4, 0.5) is 0 Å². The van der Waals surface area contributed by atoms with Crippen LogP contribution in [0.2, 0.25) is 0 Å². The number of nitrogens with zero attached hydrogens (tertiary/aromatic N) is 2. The maximum atomic E-state index is 4.47. The monoisotopic (exact) mass is 209 g/mol. The molecular weight excluding hydrogens is 194 g/mol. The smallest absolute Gasteiger partial charge is 0.138 e. The van der Waals surface area contributed by atoms with Crippen molar-refractivity contribution in [1.29, 1.82) is 0 Å². The van der Waals surface area contributed by atoms with Crippen LogP contribution in [0.15, 0.2) is 12.3 Å². The number of aromatic nitrogens is 2. The van der Waals surface area contributed by atoms with Crippen molar-refractivity contribution in [3.8, 4) is 0 Å². The first-order chi connectivity index (χ1) is 6.88. The van der Waals surface area contributed by atoms with Gasteiger partial charge in [-0.15, -0.1) is 0 Å². The summed E-state index contributed by atoms with van der Waals surface area (Å²) >= 11 is 1.75. The van der Waals surface area contributed by atoms with Gasteiger partial charge in [0.2, 0.25) is 0 Å². The van der Waals surface area contributed by atoms with Crippen LogP contribution in [-0.4, -0.2) is 22.3 Å². The lowest BCUT2D eigenvalue weighted by Crippen LogP contribution is -2.16. The topological polar surface area (TPSA) is 37.8 Å². The molecule has 1 aliphatic rings. The molecule has 2 rings (SSSR count). The minimum absolute atomic E-state index is 0.744. The summed E-state index contributed by atoms with van der Waals surface area (Å²) in [7, 11) is 0. The van der Waals surface area contributed by atoms with Crippen LogP contribution < -0.4 is 5.32 Å². The maximum absolute atomic E-state index is 4.47. The minimum atomic E-state index is 0.744. The maximum Gasteiger partial charge on any atom is 0.138 e. The molecule has 1 aromatic rings. The second-order valence-corrected chi connectivity index (χ2v) is 4.42. The van der Waals surface area contributed by atoms with Gasteiger partial charge in [-0.2, -0.15) is 11.8 Å². The molecule has 0 saturated heterocycles. The Labute approximate surface area is 88.7 Å². The highest BCUT2D eigenvalue weighted by molar-refractivity contribution is 7.97. The van der Waals surface area contributed by atoms with E-state index in [1.165, 1.54) is 12.8 Å². The zero-order valence-electron chi connectivity index (χ0n) is 8.36. The van der Waals surface area contributed by atoms with Crippen molar-refractivity contribution < 1.29 is 0 Å². The van der Waals surface area contributed by atoms with E-state index in [0.29, 0.717) is 0 Å². The van der Waals surface area contributed by atoms with E-state index in [1.54, 1.807) is 11.8 Å². The first kappa shape index (κ1) is 9.93. The summed E-state index contributed by atoms with van der Waals surface area (Å²) < 4.78 is 0. The van der Waals surface area contributed by atoms with Crippen molar-refractivity contribution in [1.82, 2.24) is 15.3 Å². The van der Waals surface area contributed by atoms with E-state index in [4.69, 9.17) is 0 Å². The molecule has 1 aliphatic carbocycles. The van der Waals surface area contributed by atoms with Gasteiger partial charge >= 0.3 is 0 Å². The van der Waals surface area contributed by atoms with E-state index in [-0.39, 0.29) is 0 Å². The Morgan fingerprint density at radius 3 is 3.14 bits per heavy atom. The van der Waals surface area contributed by atoms with Gasteiger partial charge in [-0.05, 0) is 25.2 Å². The second-order valence-electron chi connectivity index (χ2n) is 3.55. The Hall–Kier alpha value is -0.610. The SMILES string of the molecule is CSCc1nccc(CNC2CC2)n1. The predicted molar refractivity (Wildman–Crippen MR) is 59.1 cm³/mol. The number of hydrogen-bond acceptors (Lipinski definition) is 4. The van der Waals surface area contributed by atoms with Crippen LogP contribution in [0.1, 0.15) is 24.4 Å². The summed E-state index contributed by atoms with van der Waals surface area (Å²) in [5.74, 6) is 1.84. The van der Waals surface area contributed by atoms with Crippen molar-refractivity contribution in [2.75, 3.05) is 6.26 Å². The Kier molecular flexibility index (Phi) is 3.37. The third kappa shape index (κ3) is 2.96. The fourth-order valence-electron chi connectivity index (χ4n) is 1.27. The largest absolute Gasteiger partial charge is 0.308 e. The van der Waals surface area contributed by atoms with Crippen molar-refractivity contribution in [2.45, 2.75) is 31.2 Å². The third-order valence-corrected chi connectivity index (χ3v) is 2.73. The number of rotatable bonds is 5. The van der Waals surface area contributed by atoms with E-state index in [9.17, 15) is 0 Å². The molecule has 0 amide bonds. The van der Waals surface area contributed by atoms with Gasteiger partial charge in [0.05, 0.1) is 11.4 Å². The van der Waals surface area contributed by atoms with Crippen LogP contribution >= 0.6 is 11.8 Å². The summed E-state index contributed by atoms with van der Waals surface area (Å²) in [6.07, 6.45) is 6.56. The van der Waals surface area contributed by atoms with Crippen LogP contribution in [0, 0.1) is 0 Å². The molecule has 4 heteroatoms. The Morgan fingerprint density at radius 2 is 2.43 bits per heavy atom. The van der Waals surface area contributed by atoms with Crippen molar-refractivity contribution >= 4 is 11.8 Å². The molecule has 0 bridgehead atoms. The summed E-state index contributed by atoms with van der Waals surface area (Å²) in [6.45, 7) is 0.883. The predicted octanol–water partition coefficient (Wildman–Crippen LogP) is 1.59. The van der Waals surface area contributed by atoms with Crippen LogP contribution in [0.3, 0.4) is 0 Å². The highest BCUT2D eigenvalue weighted by atomic mass is 32.2. The van der Waals surface area contributed by atoms with Crippen LogP contribution in [-0.2, 0) is 12.3 Å². The summed E-state index contributed by atoms with van der Waals surface area (Å²) in [5.41, 5.74) is 1.11. The minimum Gasteiger partial charge on any atom is -0.308 e. The molecule has 1 fully saturated rings. The first-order valence-electron chi connectivity index (χ1n) is 4.91. The van der Waals surface area contributed by atoms with Gasteiger partial charge in [-0.25, -0.2) is 9.97 Å². The molecule has 76 valence electrons. The van der Waals surface area contributed by atoms with Gasteiger partial charge in [0, 0.05) is 18.8 Å². The Morgan fingerprint density at radius 1 is 1.57 bits per heavy atom. The average Bonchev–Trinajstić information content (AvgIpc) is 2.99. The van der Waals surface area contributed by atoms with Gasteiger partial charge in [0.15, 0.2) is 0 Å². The van der Waals surface area contributed by atoms with E-state index in [1.807, 2.05) is 12.3 Å². The molecule has 1 aromatic heterocycles. The van der Waals surface area contributed by atoms with Gasteiger partial charge in [-0.3, -0.25) is 0 Å². The third-order valence-electron chi connectivity index (χ3n) is 2.19. The number of thioether (sulfide) groups is 1. The molecule has 14 heavy (non-hydrogen) atoms. The lowest BCUT2D eigenvalue weighted by Gasteiger charge is -2.03. The molecule has 3 nitrogen and oxygen atoms in total. The number of hydrogen-bond donors (Lipinski definition) is 1. The molecule has 0 atom stereocenters. The van der Waals surface area contributed by atoms with E-state index in [0.717, 1.165) is 29.9 Å². The van der Waals surface area contributed by atoms with Crippen LogP contribution in [0.5, 0.6) is 0 Å². The standard InChI is InChI=1S/C10H15N3S/c1-14-7-10-11-5-4-9(13-10)6-12-8-2-3-8/h4-5,8,12H,2-3,6-7H2,1H3. The molecule has 0 radical (unpaired) electrons. The Balaban J connectivity index is 1.90. The zero-order chi connectivity index (χ0) is 9.80. The first-order valence-corrected chi connectivity index (χ1v) is 6.31. The molecule has 0 aliphatic heterocycles. The second kappa shape index (κ2) is 4.75. The van der Waals surface area contributed by atoms with E-state index in [2.05, 4.69) is 21.5 Å². The zero-order valence-corrected chi connectivity index (χ0v) is 9.18. The fraction of sp³-hybridized carbons (Fsp3) is 0.600. The number of nitrogens with one attached hydrogen (secondary N) is 1. The molecule has 1 heterocycles. The lowest BCUT2D eigenvalue weighted by molar-refractivity contribution is 0.670. The van der Waals surface area contributed by atoms with E-state index >= 15 is 0 Å². The molecule has 1 saturated carbocycles. The van der Waals surface area contributed by atoms with Crippen molar-refractivity contribution in [3.63, 3.8) is 0 Å². The van der Waals surface area contributed by atoms with Crippen LogP contribution in [0.25, 0.3) is 0 Å². The summed E-state index contributed by atoms with van der Waals surface area (Å²) in [4.78, 5) is 8.68. The highest BCUT2D eigenvalue weighted by Crippen LogP contribution is 2.18. The highest BCUT2D eigenvalue weighted by Gasteiger charge is 2.20. The van der Waals surface area contributed by atoms with Gasteiger partial charge in [0.1, 0.15) is 5.82 Å².